The Labute approximate surface area is 288 Å². The molecule has 0 saturated carbocycles. The van der Waals surface area contributed by atoms with E-state index in [1.54, 1.807) is 0 Å². The fourth-order valence-corrected chi connectivity index (χ4v) is 7.36. The summed E-state index contributed by atoms with van der Waals surface area (Å²) in [6.45, 7) is 7.58. The lowest BCUT2D eigenvalue weighted by molar-refractivity contribution is 1.18. The van der Waals surface area contributed by atoms with Crippen LogP contribution in [0.25, 0.3) is 82.1 Å². The zero-order valence-corrected chi connectivity index (χ0v) is 26.7. The molecule has 0 spiro atoms. The molecule has 50 heavy (non-hydrogen) atoms. The zero-order chi connectivity index (χ0) is 33.8. The molecule has 5 heteroatoms. The number of hydrogen-bond donors (Lipinski definition) is 0. The molecule has 0 radical (unpaired) electrons. The summed E-state index contributed by atoms with van der Waals surface area (Å²) in [6.07, 6.45) is 0. The fourth-order valence-electron chi connectivity index (χ4n) is 7.36. The second kappa shape index (κ2) is 11.4. The molecule has 0 saturated heterocycles. The van der Waals surface area contributed by atoms with Crippen LogP contribution < -0.4 is 0 Å². The van der Waals surface area contributed by atoms with Crippen LogP contribution in [0.2, 0.25) is 0 Å². The Morgan fingerprint density at radius 2 is 1.10 bits per heavy atom. The van der Waals surface area contributed by atoms with Gasteiger partial charge in [-0.1, -0.05) is 78.9 Å². The molecule has 7 aromatic carbocycles. The highest BCUT2D eigenvalue weighted by molar-refractivity contribution is 6.11. The van der Waals surface area contributed by atoms with Gasteiger partial charge in [-0.3, -0.25) is 0 Å². The highest BCUT2D eigenvalue weighted by Gasteiger charge is 2.18. The summed E-state index contributed by atoms with van der Waals surface area (Å²) in [5.74, 6) is 0. The molecule has 230 valence electrons. The van der Waals surface area contributed by atoms with E-state index in [1.807, 2.05) is 84.9 Å². The molecule has 9 aromatic rings. The Hall–Kier alpha value is -7.39. The first-order valence-electron chi connectivity index (χ1n) is 16.3. The van der Waals surface area contributed by atoms with Gasteiger partial charge in [-0.15, -0.1) is 0 Å². The van der Waals surface area contributed by atoms with Gasteiger partial charge in [-0.05, 0) is 89.3 Å². The fraction of sp³-hybridized carbons (Fsp3) is 0. The van der Waals surface area contributed by atoms with Crippen LogP contribution in [-0.4, -0.2) is 9.13 Å². The van der Waals surface area contributed by atoms with Crippen LogP contribution in [0.1, 0.15) is 11.1 Å². The molecule has 0 N–H and O–H groups in total. The predicted octanol–water partition coefficient (Wildman–Crippen LogP) is 11.5. The Kier molecular flexibility index (Phi) is 6.56. The minimum atomic E-state index is 0.600. The molecule has 5 nitrogen and oxygen atoms in total. The number of fused-ring (bicyclic) bond motifs is 6. The van der Waals surface area contributed by atoms with E-state index in [2.05, 4.69) is 92.8 Å². The first-order chi connectivity index (χ1) is 24.7. The van der Waals surface area contributed by atoms with Crippen LogP contribution >= 0.6 is 0 Å². The molecule has 2 aromatic heterocycles. The van der Waals surface area contributed by atoms with Crippen molar-refractivity contribution in [3.63, 3.8) is 0 Å². The third-order valence-electron chi connectivity index (χ3n) is 9.62. The van der Waals surface area contributed by atoms with Crippen LogP contribution in [0.5, 0.6) is 0 Å². The molecule has 0 aliphatic rings. The molecule has 0 amide bonds. The SMILES string of the molecule is [C-]#[N+]c1ccc2c(c1)c1ccccc1n2-c1ccccc1-c1ccc(C#N)c(-c2ccc(-n3c4ccccc4c4cc(C#N)ccc43)cc2)c1. The van der Waals surface area contributed by atoms with Crippen LogP contribution in [0.15, 0.2) is 152 Å². The number of nitrogens with zero attached hydrogens (tertiary/aromatic N) is 5. The van der Waals surface area contributed by atoms with Crippen molar-refractivity contribution in [2.75, 3.05) is 0 Å². The summed E-state index contributed by atoms with van der Waals surface area (Å²) in [5, 5.41) is 24.0. The molecule has 0 unspecified atom stereocenters. The molecule has 0 aliphatic carbocycles. The Bertz CT molecular complexity index is 2960. The van der Waals surface area contributed by atoms with Crippen molar-refractivity contribution in [3.05, 3.63) is 174 Å². The molecule has 0 aliphatic heterocycles. The van der Waals surface area contributed by atoms with Crippen LogP contribution in [0, 0.1) is 29.2 Å². The van der Waals surface area contributed by atoms with E-state index >= 15 is 0 Å². The quantitative estimate of drug-likeness (QED) is 0.181. The maximum atomic E-state index is 10.2. The van der Waals surface area contributed by atoms with Gasteiger partial charge in [-0.25, -0.2) is 4.85 Å². The summed E-state index contributed by atoms with van der Waals surface area (Å²) < 4.78 is 4.49. The maximum absolute atomic E-state index is 10.2. The minimum Gasteiger partial charge on any atom is -0.309 e. The van der Waals surface area contributed by atoms with E-state index in [0.29, 0.717) is 16.8 Å². The number of hydrogen-bond acceptors (Lipinski definition) is 2. The summed E-state index contributed by atoms with van der Waals surface area (Å²) >= 11 is 0. The highest BCUT2D eigenvalue weighted by atomic mass is 15.0. The summed E-state index contributed by atoms with van der Waals surface area (Å²) in [7, 11) is 0. The first kappa shape index (κ1) is 28.8. The van der Waals surface area contributed by atoms with Gasteiger partial charge in [0.05, 0.1) is 57.6 Å². The van der Waals surface area contributed by atoms with Gasteiger partial charge in [0.15, 0.2) is 5.69 Å². The van der Waals surface area contributed by atoms with E-state index in [-0.39, 0.29) is 0 Å². The van der Waals surface area contributed by atoms with Crippen molar-refractivity contribution >= 4 is 49.3 Å². The Balaban J connectivity index is 1.18. The van der Waals surface area contributed by atoms with Crippen LogP contribution in [-0.2, 0) is 0 Å². The van der Waals surface area contributed by atoms with Crippen molar-refractivity contribution < 1.29 is 0 Å². The van der Waals surface area contributed by atoms with E-state index in [4.69, 9.17) is 6.57 Å². The van der Waals surface area contributed by atoms with E-state index in [9.17, 15) is 10.5 Å². The summed E-state index contributed by atoms with van der Waals surface area (Å²) in [6, 6.07) is 55.7. The second-order valence-electron chi connectivity index (χ2n) is 12.3. The monoisotopic (exact) mass is 635 g/mol. The molecular formula is C45H25N5. The van der Waals surface area contributed by atoms with Crippen molar-refractivity contribution in [2.24, 2.45) is 0 Å². The number of benzene rings is 7. The topological polar surface area (TPSA) is 61.8 Å². The number of aromatic nitrogens is 2. The average molecular weight is 636 g/mol. The van der Waals surface area contributed by atoms with E-state index < -0.39 is 0 Å². The normalized spacial score (nSPS) is 11.1. The van der Waals surface area contributed by atoms with Crippen molar-refractivity contribution in [1.82, 2.24) is 9.13 Å². The molecule has 0 fully saturated rings. The zero-order valence-electron chi connectivity index (χ0n) is 26.7. The predicted molar refractivity (Wildman–Crippen MR) is 202 cm³/mol. The highest BCUT2D eigenvalue weighted by Crippen LogP contribution is 2.39. The van der Waals surface area contributed by atoms with Gasteiger partial charge in [0.25, 0.3) is 0 Å². The summed E-state index contributed by atoms with van der Waals surface area (Å²) in [4.78, 5) is 3.68. The van der Waals surface area contributed by atoms with Gasteiger partial charge in [0.1, 0.15) is 0 Å². The van der Waals surface area contributed by atoms with E-state index in [0.717, 1.165) is 77.2 Å². The minimum absolute atomic E-state index is 0.600. The lowest BCUT2D eigenvalue weighted by Gasteiger charge is -2.16. The number of nitriles is 2. The smallest absolute Gasteiger partial charge is 0.188 e. The van der Waals surface area contributed by atoms with Gasteiger partial charge in [0.2, 0.25) is 0 Å². The first-order valence-corrected chi connectivity index (χ1v) is 16.3. The van der Waals surface area contributed by atoms with Gasteiger partial charge in [0, 0.05) is 33.0 Å². The Morgan fingerprint density at radius 3 is 1.84 bits per heavy atom. The molecule has 9 rings (SSSR count). The Morgan fingerprint density at radius 1 is 0.480 bits per heavy atom. The maximum Gasteiger partial charge on any atom is 0.188 e. The molecule has 0 bridgehead atoms. The second-order valence-corrected chi connectivity index (χ2v) is 12.3. The average Bonchev–Trinajstić information content (AvgIpc) is 3.69. The van der Waals surface area contributed by atoms with Crippen molar-refractivity contribution in [1.29, 1.82) is 10.5 Å². The molecule has 2 heterocycles. The molecular weight excluding hydrogens is 611 g/mol. The largest absolute Gasteiger partial charge is 0.309 e. The van der Waals surface area contributed by atoms with Crippen molar-refractivity contribution in [2.45, 2.75) is 0 Å². The van der Waals surface area contributed by atoms with E-state index in [1.165, 1.54) is 0 Å². The third-order valence-corrected chi connectivity index (χ3v) is 9.62. The van der Waals surface area contributed by atoms with Gasteiger partial charge in [-0.2, -0.15) is 10.5 Å². The molecule has 0 atom stereocenters. The lowest BCUT2D eigenvalue weighted by Crippen LogP contribution is -1.97. The lowest BCUT2D eigenvalue weighted by atomic mass is 9.94. The van der Waals surface area contributed by atoms with Gasteiger partial charge >= 0.3 is 0 Å². The third kappa shape index (κ3) is 4.38. The van der Waals surface area contributed by atoms with Crippen LogP contribution in [0.4, 0.5) is 5.69 Å². The number of rotatable bonds is 4. The van der Waals surface area contributed by atoms with Crippen molar-refractivity contribution in [3.8, 4) is 45.8 Å². The van der Waals surface area contributed by atoms with Gasteiger partial charge < -0.3 is 9.13 Å². The number of para-hydroxylation sites is 3. The summed E-state index contributed by atoms with van der Waals surface area (Å²) in [5.41, 5.74) is 11.9. The standard InChI is InChI=1S/C45H25N5/c1-48-33-19-23-45-40(26-33)37-10-4-7-13-43(37)50(45)41-11-5-2-8-35(41)31-15-16-32(28-47)38(25-31)30-17-20-34(21-18-30)49-42-12-6-3-9-36(42)39-24-29(27-46)14-22-44(39)49/h2-26H. The van der Waals surface area contributed by atoms with Crippen LogP contribution in [0.3, 0.4) is 0 Å².